The van der Waals surface area contributed by atoms with E-state index in [0.29, 0.717) is 17.2 Å². The van der Waals surface area contributed by atoms with Gasteiger partial charge in [-0.25, -0.2) is 8.42 Å². The van der Waals surface area contributed by atoms with Crippen LogP contribution < -0.4 is 13.8 Å². The Bertz CT molecular complexity index is 1060. The highest BCUT2D eigenvalue weighted by molar-refractivity contribution is 7.92. The van der Waals surface area contributed by atoms with Crippen molar-refractivity contribution >= 4 is 15.7 Å². The lowest BCUT2D eigenvalue weighted by molar-refractivity contribution is 0.413. The zero-order chi connectivity index (χ0) is 21.0. The van der Waals surface area contributed by atoms with Crippen molar-refractivity contribution in [2.24, 2.45) is 0 Å². The Morgan fingerprint density at radius 3 is 2.03 bits per heavy atom. The summed E-state index contributed by atoms with van der Waals surface area (Å²) in [5.74, 6) is 1.15. The fourth-order valence-electron chi connectivity index (χ4n) is 3.16. The first-order chi connectivity index (χ1) is 13.9. The molecule has 3 aromatic rings. The van der Waals surface area contributed by atoms with Crippen molar-refractivity contribution in [2.45, 2.75) is 24.8 Å². The summed E-state index contributed by atoms with van der Waals surface area (Å²) >= 11 is 0. The van der Waals surface area contributed by atoms with Crippen molar-refractivity contribution in [3.63, 3.8) is 0 Å². The Labute approximate surface area is 172 Å². The van der Waals surface area contributed by atoms with Crippen LogP contribution in [0.3, 0.4) is 0 Å². The number of nitrogens with zero attached hydrogens (tertiary/aromatic N) is 1. The van der Waals surface area contributed by atoms with Gasteiger partial charge >= 0.3 is 0 Å². The minimum atomic E-state index is -3.85. The van der Waals surface area contributed by atoms with Gasteiger partial charge in [0.15, 0.2) is 0 Å². The maximum atomic E-state index is 13.7. The molecule has 152 valence electrons. The topological polar surface area (TPSA) is 55.8 Å². The van der Waals surface area contributed by atoms with E-state index in [1.165, 1.54) is 17.5 Å². The van der Waals surface area contributed by atoms with Gasteiger partial charge in [0.1, 0.15) is 11.5 Å². The summed E-state index contributed by atoms with van der Waals surface area (Å²) in [4.78, 5) is 0.173. The Hall–Kier alpha value is -2.99. The van der Waals surface area contributed by atoms with Crippen molar-refractivity contribution in [1.82, 2.24) is 0 Å². The van der Waals surface area contributed by atoms with Gasteiger partial charge in [0.2, 0.25) is 0 Å². The van der Waals surface area contributed by atoms with Gasteiger partial charge in [-0.05, 0) is 55.8 Å². The third kappa shape index (κ3) is 4.38. The third-order valence-corrected chi connectivity index (χ3v) is 6.73. The number of hydrogen-bond acceptors (Lipinski definition) is 4. The molecule has 0 aliphatic rings. The van der Waals surface area contributed by atoms with Crippen molar-refractivity contribution < 1.29 is 17.9 Å². The molecule has 0 amide bonds. The molecule has 1 unspecified atom stereocenters. The van der Waals surface area contributed by atoms with E-state index in [-0.39, 0.29) is 4.90 Å². The molecule has 0 spiro atoms. The SMILES string of the molecule is COc1ccc(N(C(C)c2ccc(C)cc2)S(=O)(=O)c2cccc(OC)c2)cc1. The Morgan fingerprint density at radius 2 is 1.45 bits per heavy atom. The Balaban J connectivity index is 2.13. The second kappa shape index (κ2) is 8.57. The molecule has 0 heterocycles. The van der Waals surface area contributed by atoms with Gasteiger partial charge in [-0.15, -0.1) is 0 Å². The average molecular weight is 412 g/mol. The lowest BCUT2D eigenvalue weighted by Crippen LogP contribution is -2.33. The molecule has 3 rings (SSSR count). The lowest BCUT2D eigenvalue weighted by Gasteiger charge is -2.31. The predicted octanol–water partition coefficient (Wildman–Crippen LogP) is 4.97. The number of benzene rings is 3. The zero-order valence-corrected chi connectivity index (χ0v) is 17.8. The molecule has 5 nitrogen and oxygen atoms in total. The van der Waals surface area contributed by atoms with Crippen molar-refractivity contribution in [3.05, 3.63) is 83.9 Å². The molecular formula is C23H25NO4S. The predicted molar refractivity (Wildman–Crippen MR) is 115 cm³/mol. The molecule has 3 aromatic carbocycles. The molecule has 6 heteroatoms. The van der Waals surface area contributed by atoms with E-state index in [2.05, 4.69) is 0 Å². The van der Waals surface area contributed by atoms with Crippen molar-refractivity contribution in [3.8, 4) is 11.5 Å². The molecule has 0 aromatic heterocycles. The number of anilines is 1. The van der Waals surface area contributed by atoms with Crippen LogP contribution in [-0.2, 0) is 10.0 Å². The quantitative estimate of drug-likeness (QED) is 0.551. The minimum absolute atomic E-state index is 0.173. The normalized spacial score (nSPS) is 12.3. The highest BCUT2D eigenvalue weighted by Gasteiger charge is 2.30. The maximum Gasteiger partial charge on any atom is 0.265 e. The smallest absolute Gasteiger partial charge is 0.265 e. The van der Waals surface area contributed by atoms with Gasteiger partial charge in [-0.2, -0.15) is 0 Å². The number of aryl methyl sites for hydroxylation is 1. The first kappa shape index (κ1) is 20.7. The van der Waals surface area contributed by atoms with Crippen LogP contribution >= 0.6 is 0 Å². The molecule has 0 N–H and O–H groups in total. The van der Waals surface area contributed by atoms with Crippen LogP contribution in [0.4, 0.5) is 5.69 Å². The third-order valence-electron chi connectivity index (χ3n) is 4.84. The molecule has 1 atom stereocenters. The van der Waals surface area contributed by atoms with E-state index in [1.807, 2.05) is 38.1 Å². The van der Waals surface area contributed by atoms with Gasteiger partial charge in [0, 0.05) is 6.07 Å². The van der Waals surface area contributed by atoms with Crippen LogP contribution in [0.2, 0.25) is 0 Å². The molecule has 0 fully saturated rings. The van der Waals surface area contributed by atoms with Crippen LogP contribution in [0, 0.1) is 6.92 Å². The second-order valence-electron chi connectivity index (χ2n) is 6.76. The Kier molecular flexibility index (Phi) is 6.13. The van der Waals surface area contributed by atoms with E-state index >= 15 is 0 Å². The fraction of sp³-hybridized carbons (Fsp3) is 0.217. The molecule has 0 radical (unpaired) electrons. The number of methoxy groups -OCH3 is 2. The Morgan fingerprint density at radius 1 is 0.828 bits per heavy atom. The lowest BCUT2D eigenvalue weighted by atomic mass is 10.1. The minimum Gasteiger partial charge on any atom is -0.497 e. The number of rotatable bonds is 7. The van der Waals surface area contributed by atoms with E-state index in [0.717, 1.165) is 11.1 Å². The van der Waals surface area contributed by atoms with Gasteiger partial charge in [0.25, 0.3) is 10.0 Å². The highest BCUT2D eigenvalue weighted by Crippen LogP contribution is 2.35. The van der Waals surface area contributed by atoms with E-state index in [9.17, 15) is 8.42 Å². The maximum absolute atomic E-state index is 13.7. The summed E-state index contributed by atoms with van der Waals surface area (Å²) in [6.07, 6.45) is 0. The van der Waals surface area contributed by atoms with E-state index in [4.69, 9.17) is 9.47 Å². The second-order valence-corrected chi connectivity index (χ2v) is 8.58. The number of ether oxygens (including phenoxy) is 2. The molecule has 0 saturated carbocycles. The largest absolute Gasteiger partial charge is 0.497 e. The van der Waals surface area contributed by atoms with Gasteiger partial charge in [0.05, 0.1) is 30.8 Å². The molecule has 0 bridgehead atoms. The van der Waals surface area contributed by atoms with Gasteiger partial charge in [-0.3, -0.25) is 4.31 Å². The first-order valence-electron chi connectivity index (χ1n) is 9.26. The van der Waals surface area contributed by atoms with Crippen LogP contribution in [0.15, 0.2) is 77.7 Å². The van der Waals surface area contributed by atoms with Crippen molar-refractivity contribution in [2.75, 3.05) is 18.5 Å². The van der Waals surface area contributed by atoms with Crippen LogP contribution in [0.5, 0.6) is 11.5 Å². The van der Waals surface area contributed by atoms with Crippen LogP contribution in [0.1, 0.15) is 24.1 Å². The molecular weight excluding hydrogens is 386 g/mol. The van der Waals surface area contributed by atoms with Gasteiger partial charge < -0.3 is 9.47 Å². The van der Waals surface area contributed by atoms with E-state index < -0.39 is 16.1 Å². The summed E-state index contributed by atoms with van der Waals surface area (Å²) in [5, 5.41) is 0. The van der Waals surface area contributed by atoms with Crippen LogP contribution in [-0.4, -0.2) is 22.6 Å². The summed E-state index contributed by atoms with van der Waals surface area (Å²) in [7, 11) is -0.757. The standard InChI is InChI=1S/C23H25NO4S/c1-17-8-10-19(11-9-17)18(2)24(20-12-14-21(27-3)15-13-20)29(25,26)23-7-5-6-22(16-23)28-4/h5-16,18H,1-4H3. The fourth-order valence-corrected chi connectivity index (χ4v) is 4.84. The average Bonchev–Trinajstić information content (AvgIpc) is 2.74. The highest BCUT2D eigenvalue weighted by atomic mass is 32.2. The molecule has 0 aliphatic carbocycles. The van der Waals surface area contributed by atoms with E-state index in [1.54, 1.807) is 49.6 Å². The van der Waals surface area contributed by atoms with Crippen LogP contribution in [0.25, 0.3) is 0 Å². The number of sulfonamides is 1. The summed E-state index contributed by atoms with van der Waals surface area (Å²) in [6.45, 7) is 3.88. The molecule has 0 aliphatic heterocycles. The molecule has 29 heavy (non-hydrogen) atoms. The van der Waals surface area contributed by atoms with Crippen molar-refractivity contribution in [1.29, 1.82) is 0 Å². The number of hydrogen-bond donors (Lipinski definition) is 0. The summed E-state index contributed by atoms with van der Waals surface area (Å²) < 4.78 is 39.2. The summed E-state index contributed by atoms with van der Waals surface area (Å²) in [5.41, 5.74) is 2.58. The first-order valence-corrected chi connectivity index (χ1v) is 10.7. The van der Waals surface area contributed by atoms with Gasteiger partial charge in [-0.1, -0.05) is 35.9 Å². The summed E-state index contributed by atoms with van der Waals surface area (Å²) in [6, 6.07) is 21.0. The zero-order valence-electron chi connectivity index (χ0n) is 17.0. The monoisotopic (exact) mass is 411 g/mol. The molecule has 0 saturated heterocycles.